The van der Waals surface area contributed by atoms with Crippen LogP contribution in [0.5, 0.6) is 5.75 Å². The third-order valence-electron chi connectivity index (χ3n) is 6.89. The van der Waals surface area contributed by atoms with Crippen LogP contribution in [0.1, 0.15) is 102 Å². The minimum atomic E-state index is -0.567. The molecule has 0 spiro atoms. The average Bonchev–Trinajstić information content (AvgIpc) is 2.87. The summed E-state index contributed by atoms with van der Waals surface area (Å²) in [6, 6.07) is 18.5. The number of carbonyl (C=O) groups excluding carboxylic acids is 1. The molecule has 1 unspecified atom stereocenters. The molecule has 2 aromatic rings. The maximum absolute atomic E-state index is 12.8. The molecule has 0 heterocycles. The predicted octanol–water partition coefficient (Wildman–Crippen LogP) is 8.47. The molecule has 0 amide bonds. The summed E-state index contributed by atoms with van der Waals surface area (Å²) < 4.78 is 12.5. The standard InChI is InChI=1S/C33H52NO3/c1-5-7-8-9-10-11-12-13-14-15-19-24-30-25-20-21-26-31(30)36-33(6-2)37-32(35)28-34(3,4)27-29-22-17-16-18-23-29/h16-18,20-23,25-26,33H,5-15,19,24,27-28H2,1-4H3/q+1. The largest absolute Gasteiger partial charge is 0.455 e. The Kier molecular flexibility index (Phi) is 15.0. The van der Waals surface area contributed by atoms with Crippen LogP contribution >= 0.6 is 0 Å². The summed E-state index contributed by atoms with van der Waals surface area (Å²) in [5.74, 6) is 0.614. The molecule has 4 heteroatoms. The molecule has 0 saturated heterocycles. The van der Waals surface area contributed by atoms with Crippen molar-refractivity contribution in [3.05, 3.63) is 65.7 Å². The van der Waals surface area contributed by atoms with E-state index >= 15 is 0 Å². The highest BCUT2D eigenvalue weighted by Crippen LogP contribution is 2.23. The number of quaternary nitrogens is 1. The molecule has 37 heavy (non-hydrogen) atoms. The molecular weight excluding hydrogens is 458 g/mol. The Bertz CT molecular complexity index is 865. The van der Waals surface area contributed by atoms with Crippen molar-refractivity contribution in [2.75, 3.05) is 20.6 Å². The van der Waals surface area contributed by atoms with Gasteiger partial charge in [0.25, 0.3) is 0 Å². The summed E-state index contributed by atoms with van der Waals surface area (Å²) in [5, 5.41) is 0. The first-order valence-electron chi connectivity index (χ1n) is 14.7. The molecular formula is C33H52NO3+. The Labute approximate surface area is 227 Å². The van der Waals surface area contributed by atoms with Crippen LogP contribution in [0, 0.1) is 0 Å². The molecule has 206 valence electrons. The van der Waals surface area contributed by atoms with Crippen molar-refractivity contribution >= 4 is 5.97 Å². The second-order valence-electron chi connectivity index (χ2n) is 11.1. The Morgan fingerprint density at radius 2 is 1.32 bits per heavy atom. The zero-order valence-electron chi connectivity index (χ0n) is 24.1. The average molecular weight is 511 g/mol. The smallest absolute Gasteiger partial charge is 0.364 e. The van der Waals surface area contributed by atoms with Crippen LogP contribution in [-0.4, -0.2) is 37.4 Å². The number of carbonyl (C=O) groups is 1. The lowest BCUT2D eigenvalue weighted by molar-refractivity contribution is -0.896. The quantitative estimate of drug-likeness (QED) is 0.0775. The van der Waals surface area contributed by atoms with Crippen LogP contribution in [0.2, 0.25) is 0 Å². The highest BCUT2D eigenvalue weighted by Gasteiger charge is 2.24. The highest BCUT2D eigenvalue weighted by atomic mass is 16.7. The summed E-state index contributed by atoms with van der Waals surface area (Å²) in [7, 11) is 4.11. The number of benzene rings is 2. The van der Waals surface area contributed by atoms with E-state index in [4.69, 9.17) is 9.47 Å². The van der Waals surface area contributed by atoms with Crippen LogP contribution in [0.3, 0.4) is 0 Å². The number of hydrogen-bond donors (Lipinski definition) is 0. The van der Waals surface area contributed by atoms with Crippen molar-refractivity contribution in [3.8, 4) is 5.75 Å². The van der Waals surface area contributed by atoms with Crippen molar-refractivity contribution in [1.82, 2.24) is 0 Å². The van der Waals surface area contributed by atoms with Crippen molar-refractivity contribution in [2.45, 2.75) is 110 Å². The lowest BCUT2D eigenvalue weighted by Gasteiger charge is -2.29. The lowest BCUT2D eigenvalue weighted by atomic mass is 10.0. The molecule has 0 aromatic heterocycles. The Morgan fingerprint density at radius 3 is 1.95 bits per heavy atom. The number of likely N-dealkylation sites (N-methyl/N-ethyl adjacent to an activating group) is 1. The second-order valence-corrected chi connectivity index (χ2v) is 11.1. The Morgan fingerprint density at radius 1 is 0.757 bits per heavy atom. The van der Waals surface area contributed by atoms with E-state index in [0.717, 1.165) is 18.7 Å². The number of para-hydroxylation sites is 1. The molecule has 2 aromatic carbocycles. The number of nitrogens with zero attached hydrogens (tertiary/aromatic N) is 1. The highest BCUT2D eigenvalue weighted by molar-refractivity contribution is 5.70. The van der Waals surface area contributed by atoms with Gasteiger partial charge < -0.3 is 14.0 Å². The monoisotopic (exact) mass is 510 g/mol. The van der Waals surface area contributed by atoms with Gasteiger partial charge in [0.15, 0.2) is 6.54 Å². The van der Waals surface area contributed by atoms with Gasteiger partial charge in [-0.1, -0.05) is 127 Å². The van der Waals surface area contributed by atoms with Gasteiger partial charge in [0.2, 0.25) is 6.29 Å². The Hall–Kier alpha value is -2.33. The zero-order valence-corrected chi connectivity index (χ0v) is 24.1. The first-order valence-corrected chi connectivity index (χ1v) is 14.7. The molecule has 0 fully saturated rings. The molecule has 1 atom stereocenters. The zero-order chi connectivity index (χ0) is 26.8. The first kappa shape index (κ1) is 30.9. The maximum Gasteiger partial charge on any atom is 0.364 e. The fourth-order valence-electron chi connectivity index (χ4n) is 4.80. The molecule has 0 aliphatic carbocycles. The Balaban J connectivity index is 1.72. The minimum absolute atomic E-state index is 0.226. The third kappa shape index (κ3) is 13.7. The van der Waals surface area contributed by atoms with Gasteiger partial charge in [-0.25, -0.2) is 4.79 Å². The summed E-state index contributed by atoms with van der Waals surface area (Å²) in [5.41, 5.74) is 2.41. The molecule has 4 nitrogen and oxygen atoms in total. The van der Waals surface area contributed by atoms with E-state index in [1.807, 2.05) is 37.3 Å². The van der Waals surface area contributed by atoms with E-state index in [2.05, 4.69) is 45.3 Å². The van der Waals surface area contributed by atoms with Gasteiger partial charge in [-0.3, -0.25) is 0 Å². The lowest BCUT2D eigenvalue weighted by Crippen LogP contribution is -2.44. The van der Waals surface area contributed by atoms with Crippen LogP contribution in [0.15, 0.2) is 54.6 Å². The fourth-order valence-corrected chi connectivity index (χ4v) is 4.80. The summed E-state index contributed by atoms with van der Waals surface area (Å²) in [4.78, 5) is 12.8. The number of esters is 1. The number of unbranched alkanes of at least 4 members (excludes halogenated alkanes) is 10. The van der Waals surface area contributed by atoms with Crippen molar-refractivity contribution < 1.29 is 18.8 Å². The molecule has 0 bridgehead atoms. The van der Waals surface area contributed by atoms with Gasteiger partial charge in [0, 0.05) is 12.0 Å². The maximum atomic E-state index is 12.8. The summed E-state index contributed by atoms with van der Waals surface area (Å²) in [6.07, 6.45) is 15.8. The number of hydrogen-bond acceptors (Lipinski definition) is 3. The van der Waals surface area contributed by atoms with E-state index in [0.29, 0.717) is 17.4 Å². The van der Waals surface area contributed by atoms with Gasteiger partial charge in [0.1, 0.15) is 12.3 Å². The van der Waals surface area contributed by atoms with E-state index in [1.165, 1.54) is 81.8 Å². The number of ether oxygens (including phenoxy) is 2. The summed E-state index contributed by atoms with van der Waals surface area (Å²) in [6.45, 7) is 5.34. The second kappa shape index (κ2) is 18.0. The molecule has 2 rings (SSSR count). The SMILES string of the molecule is CCCCCCCCCCCCCc1ccccc1OC(CC)OC(=O)C[N+](C)(C)Cc1ccccc1. The van der Waals surface area contributed by atoms with Crippen LogP contribution in [0.25, 0.3) is 0 Å². The summed E-state index contributed by atoms with van der Waals surface area (Å²) >= 11 is 0. The van der Waals surface area contributed by atoms with E-state index in [9.17, 15) is 4.79 Å². The van der Waals surface area contributed by atoms with Gasteiger partial charge in [-0.15, -0.1) is 0 Å². The fraction of sp³-hybridized carbons (Fsp3) is 0.606. The molecule has 0 N–H and O–H groups in total. The van der Waals surface area contributed by atoms with Crippen molar-refractivity contribution in [1.29, 1.82) is 0 Å². The predicted molar refractivity (Wildman–Crippen MR) is 155 cm³/mol. The molecule has 0 aliphatic heterocycles. The van der Waals surface area contributed by atoms with E-state index < -0.39 is 6.29 Å². The third-order valence-corrected chi connectivity index (χ3v) is 6.89. The topological polar surface area (TPSA) is 35.5 Å². The van der Waals surface area contributed by atoms with Crippen molar-refractivity contribution in [3.63, 3.8) is 0 Å². The first-order chi connectivity index (χ1) is 17.9. The molecule has 0 radical (unpaired) electrons. The normalized spacial score (nSPS) is 12.3. The van der Waals surface area contributed by atoms with Crippen molar-refractivity contribution in [2.24, 2.45) is 0 Å². The van der Waals surface area contributed by atoms with Crippen LogP contribution in [0.4, 0.5) is 0 Å². The number of rotatable bonds is 20. The minimum Gasteiger partial charge on any atom is -0.455 e. The van der Waals surface area contributed by atoms with Gasteiger partial charge in [-0.05, 0) is 24.5 Å². The molecule has 0 aliphatic rings. The van der Waals surface area contributed by atoms with Gasteiger partial charge in [-0.2, -0.15) is 0 Å². The van der Waals surface area contributed by atoms with E-state index in [1.54, 1.807) is 0 Å². The van der Waals surface area contributed by atoms with Gasteiger partial charge in [0.05, 0.1) is 14.1 Å². The molecule has 0 saturated carbocycles. The van der Waals surface area contributed by atoms with Crippen LogP contribution in [-0.2, 0) is 22.5 Å². The van der Waals surface area contributed by atoms with E-state index in [-0.39, 0.29) is 5.97 Å². The van der Waals surface area contributed by atoms with Gasteiger partial charge >= 0.3 is 5.97 Å². The number of aryl methyl sites for hydroxylation is 1. The van der Waals surface area contributed by atoms with Crippen LogP contribution < -0.4 is 4.74 Å².